The van der Waals surface area contributed by atoms with E-state index in [1.807, 2.05) is 20.8 Å². The summed E-state index contributed by atoms with van der Waals surface area (Å²) in [5.41, 5.74) is 0.0456. The zero-order valence-corrected chi connectivity index (χ0v) is 16.1. The molecule has 0 saturated carbocycles. The molecular formula is C19H28N2O5. The third kappa shape index (κ3) is 5.54. The maximum Gasteiger partial charge on any atom is 0.410 e. The van der Waals surface area contributed by atoms with Gasteiger partial charge in [0.25, 0.3) is 0 Å². The van der Waals surface area contributed by atoms with Gasteiger partial charge in [-0.3, -0.25) is 4.79 Å². The normalized spacial score (nSPS) is 17.4. The van der Waals surface area contributed by atoms with Crippen molar-refractivity contribution < 1.29 is 23.8 Å². The molecule has 2 amide bonds. The predicted octanol–water partition coefficient (Wildman–Crippen LogP) is 3.29. The Kier molecular flexibility index (Phi) is 6.34. The van der Waals surface area contributed by atoms with E-state index < -0.39 is 5.60 Å². The second-order valence-electron chi connectivity index (χ2n) is 7.36. The summed E-state index contributed by atoms with van der Waals surface area (Å²) in [6.45, 7) is 6.44. The molecule has 1 heterocycles. The highest BCUT2D eigenvalue weighted by Crippen LogP contribution is 2.27. The molecule has 1 aromatic carbocycles. The molecule has 7 nitrogen and oxygen atoms in total. The average Bonchev–Trinajstić information content (AvgIpc) is 2.60. The van der Waals surface area contributed by atoms with E-state index in [0.717, 1.165) is 12.8 Å². The number of amides is 2. The number of likely N-dealkylation sites (tertiary alicyclic amines) is 1. The number of carbonyl (C=O) groups excluding carboxylic acids is 2. The quantitative estimate of drug-likeness (QED) is 0.887. The number of hydrogen-bond donors (Lipinski definition) is 1. The number of benzene rings is 1. The van der Waals surface area contributed by atoms with Crippen LogP contribution in [0.25, 0.3) is 0 Å². The Bertz CT molecular complexity index is 632. The summed E-state index contributed by atoms with van der Waals surface area (Å²) in [5, 5.41) is 2.89. The molecule has 0 aliphatic carbocycles. The maximum absolute atomic E-state index is 12.6. The SMILES string of the molecule is COc1cc(NC(=O)[C@H]2CCCN(C(=O)OC(C)(C)C)C2)cc(OC)c1. The topological polar surface area (TPSA) is 77.1 Å². The molecule has 0 radical (unpaired) electrons. The number of carbonyl (C=O) groups is 2. The molecule has 1 aliphatic heterocycles. The summed E-state index contributed by atoms with van der Waals surface area (Å²) in [6, 6.07) is 5.20. The van der Waals surface area contributed by atoms with Gasteiger partial charge in [-0.05, 0) is 33.6 Å². The molecule has 0 spiro atoms. The number of piperidine rings is 1. The number of anilines is 1. The van der Waals surface area contributed by atoms with E-state index in [1.54, 1.807) is 37.3 Å². The lowest BCUT2D eigenvalue weighted by molar-refractivity contribution is -0.121. The van der Waals surface area contributed by atoms with Crippen LogP contribution in [-0.2, 0) is 9.53 Å². The van der Waals surface area contributed by atoms with Crippen LogP contribution in [0.1, 0.15) is 33.6 Å². The molecule has 2 rings (SSSR count). The lowest BCUT2D eigenvalue weighted by atomic mass is 9.97. The lowest BCUT2D eigenvalue weighted by Crippen LogP contribution is -2.45. The van der Waals surface area contributed by atoms with Gasteiger partial charge in [-0.2, -0.15) is 0 Å². The third-order valence-corrected chi connectivity index (χ3v) is 4.06. The van der Waals surface area contributed by atoms with Gasteiger partial charge in [-0.1, -0.05) is 0 Å². The minimum atomic E-state index is -0.552. The van der Waals surface area contributed by atoms with E-state index >= 15 is 0 Å². The summed E-state index contributed by atoms with van der Waals surface area (Å²) >= 11 is 0. The van der Waals surface area contributed by atoms with Gasteiger partial charge < -0.3 is 24.4 Å². The Morgan fingerprint density at radius 3 is 2.27 bits per heavy atom. The molecule has 0 bridgehead atoms. The van der Waals surface area contributed by atoms with Crippen LogP contribution in [0.4, 0.5) is 10.5 Å². The molecule has 1 fully saturated rings. The molecule has 1 saturated heterocycles. The van der Waals surface area contributed by atoms with Crippen LogP contribution in [0.5, 0.6) is 11.5 Å². The van der Waals surface area contributed by atoms with Crippen LogP contribution in [-0.4, -0.2) is 49.8 Å². The molecule has 1 atom stereocenters. The Morgan fingerprint density at radius 1 is 1.12 bits per heavy atom. The fourth-order valence-electron chi connectivity index (χ4n) is 2.81. The number of nitrogens with zero attached hydrogens (tertiary/aromatic N) is 1. The molecule has 144 valence electrons. The standard InChI is InChI=1S/C19H28N2O5/c1-19(2,3)26-18(23)21-8-6-7-13(12-21)17(22)20-14-9-15(24-4)11-16(10-14)25-5/h9-11,13H,6-8,12H2,1-5H3,(H,20,22)/t13-/m0/s1. The summed E-state index contributed by atoms with van der Waals surface area (Å²) in [5.74, 6) is 0.777. The number of ether oxygens (including phenoxy) is 3. The van der Waals surface area contributed by atoms with Gasteiger partial charge in [0.1, 0.15) is 17.1 Å². The van der Waals surface area contributed by atoms with Crippen LogP contribution >= 0.6 is 0 Å². The zero-order valence-electron chi connectivity index (χ0n) is 16.1. The molecule has 0 aromatic heterocycles. The summed E-state index contributed by atoms with van der Waals surface area (Å²) in [4.78, 5) is 26.5. The number of methoxy groups -OCH3 is 2. The Morgan fingerprint density at radius 2 is 1.73 bits per heavy atom. The van der Waals surface area contributed by atoms with Crippen molar-refractivity contribution in [3.8, 4) is 11.5 Å². The smallest absolute Gasteiger partial charge is 0.410 e. The van der Waals surface area contributed by atoms with Crippen molar-refractivity contribution in [3.63, 3.8) is 0 Å². The molecule has 1 N–H and O–H groups in total. The Balaban J connectivity index is 2.02. The van der Waals surface area contributed by atoms with Crippen LogP contribution < -0.4 is 14.8 Å². The lowest BCUT2D eigenvalue weighted by Gasteiger charge is -2.33. The molecular weight excluding hydrogens is 336 g/mol. The van der Waals surface area contributed by atoms with Crippen molar-refractivity contribution in [1.82, 2.24) is 4.90 Å². The van der Waals surface area contributed by atoms with Gasteiger partial charge in [0.15, 0.2) is 0 Å². The van der Waals surface area contributed by atoms with Crippen molar-refractivity contribution in [2.45, 2.75) is 39.2 Å². The van der Waals surface area contributed by atoms with E-state index in [0.29, 0.717) is 30.3 Å². The van der Waals surface area contributed by atoms with Crippen molar-refractivity contribution in [2.24, 2.45) is 5.92 Å². The molecule has 26 heavy (non-hydrogen) atoms. The minimum absolute atomic E-state index is 0.131. The van der Waals surface area contributed by atoms with Crippen LogP contribution in [0.2, 0.25) is 0 Å². The van der Waals surface area contributed by atoms with Gasteiger partial charge in [-0.25, -0.2) is 4.79 Å². The first kappa shape index (κ1) is 19.9. The summed E-state index contributed by atoms with van der Waals surface area (Å²) in [6.07, 6.45) is 1.11. The Hall–Kier alpha value is -2.44. The molecule has 1 aromatic rings. The summed E-state index contributed by atoms with van der Waals surface area (Å²) in [7, 11) is 3.11. The van der Waals surface area contributed by atoms with Gasteiger partial charge in [-0.15, -0.1) is 0 Å². The second kappa shape index (κ2) is 8.29. The number of rotatable bonds is 4. The highest BCUT2D eigenvalue weighted by atomic mass is 16.6. The first-order chi connectivity index (χ1) is 12.2. The van der Waals surface area contributed by atoms with E-state index in [1.165, 1.54) is 0 Å². The van der Waals surface area contributed by atoms with Crippen LogP contribution in [0.15, 0.2) is 18.2 Å². The first-order valence-corrected chi connectivity index (χ1v) is 8.73. The van der Waals surface area contributed by atoms with E-state index in [4.69, 9.17) is 14.2 Å². The third-order valence-electron chi connectivity index (χ3n) is 4.06. The van der Waals surface area contributed by atoms with Gasteiger partial charge >= 0.3 is 6.09 Å². The number of nitrogens with one attached hydrogen (secondary N) is 1. The molecule has 7 heteroatoms. The van der Waals surface area contributed by atoms with E-state index in [2.05, 4.69) is 5.32 Å². The maximum atomic E-state index is 12.6. The van der Waals surface area contributed by atoms with E-state index in [-0.39, 0.29) is 17.9 Å². The van der Waals surface area contributed by atoms with Gasteiger partial charge in [0.2, 0.25) is 5.91 Å². The average molecular weight is 364 g/mol. The first-order valence-electron chi connectivity index (χ1n) is 8.73. The monoisotopic (exact) mass is 364 g/mol. The van der Waals surface area contributed by atoms with Crippen LogP contribution in [0, 0.1) is 5.92 Å². The van der Waals surface area contributed by atoms with Gasteiger partial charge in [0.05, 0.1) is 20.1 Å². The highest BCUT2D eigenvalue weighted by molar-refractivity contribution is 5.93. The van der Waals surface area contributed by atoms with Crippen molar-refractivity contribution >= 4 is 17.7 Å². The fraction of sp³-hybridized carbons (Fsp3) is 0.579. The summed E-state index contributed by atoms with van der Waals surface area (Å²) < 4.78 is 15.8. The van der Waals surface area contributed by atoms with Crippen molar-refractivity contribution in [3.05, 3.63) is 18.2 Å². The molecule has 0 unspecified atom stereocenters. The minimum Gasteiger partial charge on any atom is -0.497 e. The number of hydrogen-bond acceptors (Lipinski definition) is 5. The predicted molar refractivity (Wildman–Crippen MR) is 98.7 cm³/mol. The van der Waals surface area contributed by atoms with Crippen molar-refractivity contribution in [2.75, 3.05) is 32.6 Å². The van der Waals surface area contributed by atoms with E-state index in [9.17, 15) is 9.59 Å². The highest BCUT2D eigenvalue weighted by Gasteiger charge is 2.31. The van der Waals surface area contributed by atoms with Crippen LogP contribution in [0.3, 0.4) is 0 Å². The second-order valence-corrected chi connectivity index (χ2v) is 7.36. The van der Waals surface area contributed by atoms with Crippen molar-refractivity contribution in [1.29, 1.82) is 0 Å². The Labute approximate surface area is 154 Å². The van der Waals surface area contributed by atoms with Gasteiger partial charge in [0, 0.05) is 37.0 Å². The fourth-order valence-corrected chi connectivity index (χ4v) is 2.81. The zero-order chi connectivity index (χ0) is 19.3. The molecule has 1 aliphatic rings. The largest absolute Gasteiger partial charge is 0.497 e.